The number of nitrogens with one attached hydrogen (secondary N) is 1. The molecule has 1 aromatic heterocycles. The van der Waals surface area contributed by atoms with E-state index in [9.17, 15) is 0 Å². The molecule has 0 aliphatic carbocycles. The molecule has 0 spiro atoms. The maximum Gasteiger partial charge on any atom is 0.226 e. The molecule has 17 heavy (non-hydrogen) atoms. The van der Waals surface area contributed by atoms with Crippen molar-refractivity contribution in [3.05, 3.63) is 12.3 Å². The second kappa shape index (κ2) is 6.39. The van der Waals surface area contributed by atoms with Crippen LogP contribution in [0.5, 0.6) is 5.88 Å². The molecule has 1 atom stereocenters. The summed E-state index contributed by atoms with van der Waals surface area (Å²) in [5, 5.41) is 3.21. The number of hydrogen-bond donors (Lipinski definition) is 2. The van der Waals surface area contributed by atoms with Gasteiger partial charge in [-0.2, -0.15) is 4.98 Å². The predicted octanol–water partition coefficient (Wildman–Crippen LogP) is 1.66. The van der Waals surface area contributed by atoms with Crippen LogP contribution in [0.4, 0.5) is 5.95 Å². The number of rotatable bonds is 6. The van der Waals surface area contributed by atoms with Crippen LogP contribution in [-0.4, -0.2) is 28.7 Å². The molecule has 1 aromatic rings. The lowest BCUT2D eigenvalue weighted by molar-refractivity contribution is 0.232. The van der Waals surface area contributed by atoms with Crippen LogP contribution in [0.25, 0.3) is 0 Å². The number of hydrogen-bond acceptors (Lipinski definition) is 5. The van der Waals surface area contributed by atoms with Crippen LogP contribution in [0.15, 0.2) is 12.3 Å². The minimum absolute atomic E-state index is 0.105. The largest absolute Gasteiger partial charge is 0.475 e. The van der Waals surface area contributed by atoms with Crippen LogP contribution in [0, 0.1) is 5.92 Å². The summed E-state index contributed by atoms with van der Waals surface area (Å²) >= 11 is 0. The number of ether oxygens (including phenoxy) is 1. The van der Waals surface area contributed by atoms with Crippen molar-refractivity contribution < 1.29 is 4.74 Å². The lowest BCUT2D eigenvalue weighted by atomic mass is 10.1. The lowest BCUT2D eigenvalue weighted by Crippen LogP contribution is -2.34. The normalized spacial score (nSPS) is 12.9. The molecule has 0 saturated heterocycles. The van der Waals surface area contributed by atoms with Crippen molar-refractivity contribution in [2.45, 2.75) is 39.8 Å². The first-order valence-corrected chi connectivity index (χ1v) is 5.99. The first kappa shape index (κ1) is 13.7. The fourth-order valence-electron chi connectivity index (χ4n) is 1.38. The average molecular weight is 238 g/mol. The third kappa shape index (κ3) is 4.56. The highest BCUT2D eigenvalue weighted by Gasteiger charge is 2.12. The summed E-state index contributed by atoms with van der Waals surface area (Å²) in [6.07, 6.45) is 1.79. The standard InChI is InChI=1S/C12H22N4O/c1-8(2)10(7-13)15-12-14-6-5-11(16-12)17-9(3)4/h5-6,8-10H,7,13H2,1-4H3,(H,14,15,16). The smallest absolute Gasteiger partial charge is 0.226 e. The fourth-order valence-corrected chi connectivity index (χ4v) is 1.38. The third-order valence-electron chi connectivity index (χ3n) is 2.36. The van der Waals surface area contributed by atoms with Gasteiger partial charge < -0.3 is 15.8 Å². The third-order valence-corrected chi connectivity index (χ3v) is 2.36. The molecular formula is C12H22N4O. The Bertz CT molecular complexity index is 341. The summed E-state index contributed by atoms with van der Waals surface area (Å²) in [6, 6.07) is 1.92. The van der Waals surface area contributed by atoms with Crippen LogP contribution in [-0.2, 0) is 0 Å². The van der Waals surface area contributed by atoms with E-state index in [1.807, 2.05) is 13.8 Å². The van der Waals surface area contributed by atoms with Crippen molar-refractivity contribution in [1.29, 1.82) is 0 Å². The summed E-state index contributed by atoms with van der Waals surface area (Å²) in [4.78, 5) is 8.44. The molecule has 5 heteroatoms. The summed E-state index contributed by atoms with van der Waals surface area (Å²) in [7, 11) is 0. The summed E-state index contributed by atoms with van der Waals surface area (Å²) in [6.45, 7) is 8.70. The number of aromatic nitrogens is 2. The predicted molar refractivity (Wildman–Crippen MR) is 69.1 cm³/mol. The van der Waals surface area contributed by atoms with E-state index in [-0.39, 0.29) is 12.1 Å². The van der Waals surface area contributed by atoms with Gasteiger partial charge in [0, 0.05) is 24.8 Å². The Morgan fingerprint density at radius 1 is 1.35 bits per heavy atom. The number of nitrogens with two attached hydrogens (primary N) is 1. The second-order valence-electron chi connectivity index (χ2n) is 4.62. The zero-order valence-electron chi connectivity index (χ0n) is 11.0. The van der Waals surface area contributed by atoms with Gasteiger partial charge in [-0.3, -0.25) is 0 Å². The van der Waals surface area contributed by atoms with Crippen molar-refractivity contribution >= 4 is 5.95 Å². The molecular weight excluding hydrogens is 216 g/mol. The van der Waals surface area contributed by atoms with Gasteiger partial charge in [-0.25, -0.2) is 4.98 Å². The van der Waals surface area contributed by atoms with E-state index in [1.54, 1.807) is 12.3 Å². The second-order valence-corrected chi connectivity index (χ2v) is 4.62. The van der Waals surface area contributed by atoms with Gasteiger partial charge in [-0.15, -0.1) is 0 Å². The van der Waals surface area contributed by atoms with E-state index in [4.69, 9.17) is 10.5 Å². The molecule has 0 fully saturated rings. The Kier molecular flexibility index (Phi) is 5.15. The Hall–Kier alpha value is -1.36. The topological polar surface area (TPSA) is 73.1 Å². The minimum atomic E-state index is 0.105. The van der Waals surface area contributed by atoms with E-state index >= 15 is 0 Å². The molecule has 0 aliphatic rings. The number of anilines is 1. The Labute approximate surface area is 103 Å². The molecule has 0 aliphatic heterocycles. The van der Waals surface area contributed by atoms with Crippen LogP contribution in [0.3, 0.4) is 0 Å². The van der Waals surface area contributed by atoms with Gasteiger partial charge in [0.05, 0.1) is 6.10 Å². The molecule has 0 amide bonds. The van der Waals surface area contributed by atoms with Crippen molar-refractivity contribution in [3.8, 4) is 5.88 Å². The molecule has 0 bridgehead atoms. The van der Waals surface area contributed by atoms with Crippen LogP contribution >= 0.6 is 0 Å². The molecule has 1 unspecified atom stereocenters. The van der Waals surface area contributed by atoms with Gasteiger partial charge in [0.15, 0.2) is 0 Å². The summed E-state index contributed by atoms with van der Waals surface area (Å²) in [5.41, 5.74) is 5.69. The van der Waals surface area contributed by atoms with Crippen LogP contribution in [0.1, 0.15) is 27.7 Å². The maximum atomic E-state index is 5.69. The number of nitrogens with zero attached hydrogens (tertiary/aromatic N) is 2. The zero-order valence-corrected chi connectivity index (χ0v) is 11.0. The first-order valence-electron chi connectivity index (χ1n) is 5.99. The van der Waals surface area contributed by atoms with E-state index in [1.165, 1.54) is 0 Å². The molecule has 5 nitrogen and oxygen atoms in total. The van der Waals surface area contributed by atoms with E-state index in [0.717, 1.165) is 0 Å². The fraction of sp³-hybridized carbons (Fsp3) is 0.667. The van der Waals surface area contributed by atoms with E-state index in [0.29, 0.717) is 24.3 Å². The van der Waals surface area contributed by atoms with E-state index in [2.05, 4.69) is 29.1 Å². The minimum Gasteiger partial charge on any atom is -0.475 e. The summed E-state index contributed by atoms with van der Waals surface area (Å²) in [5.74, 6) is 1.57. The van der Waals surface area contributed by atoms with Crippen molar-refractivity contribution in [1.82, 2.24) is 9.97 Å². The van der Waals surface area contributed by atoms with Gasteiger partial charge >= 0.3 is 0 Å². The quantitative estimate of drug-likeness (QED) is 0.788. The maximum absolute atomic E-state index is 5.69. The van der Waals surface area contributed by atoms with Gasteiger partial charge in [0.25, 0.3) is 0 Å². The Morgan fingerprint density at radius 3 is 2.59 bits per heavy atom. The highest BCUT2D eigenvalue weighted by Crippen LogP contribution is 2.12. The summed E-state index contributed by atoms with van der Waals surface area (Å²) < 4.78 is 5.51. The lowest BCUT2D eigenvalue weighted by Gasteiger charge is -2.20. The van der Waals surface area contributed by atoms with Gasteiger partial charge in [0.1, 0.15) is 0 Å². The highest BCUT2D eigenvalue weighted by molar-refractivity contribution is 5.29. The molecule has 3 N–H and O–H groups in total. The van der Waals surface area contributed by atoms with Crippen LogP contribution < -0.4 is 15.8 Å². The Morgan fingerprint density at radius 2 is 2.06 bits per heavy atom. The molecule has 0 radical (unpaired) electrons. The molecule has 96 valence electrons. The molecule has 0 saturated carbocycles. The van der Waals surface area contributed by atoms with E-state index < -0.39 is 0 Å². The van der Waals surface area contributed by atoms with Gasteiger partial charge in [-0.1, -0.05) is 13.8 Å². The zero-order chi connectivity index (χ0) is 12.8. The molecule has 1 rings (SSSR count). The van der Waals surface area contributed by atoms with Crippen molar-refractivity contribution in [3.63, 3.8) is 0 Å². The van der Waals surface area contributed by atoms with Crippen molar-refractivity contribution in [2.24, 2.45) is 11.7 Å². The average Bonchev–Trinajstić information content (AvgIpc) is 2.25. The Balaban J connectivity index is 2.70. The SMILES string of the molecule is CC(C)Oc1ccnc(NC(CN)C(C)C)n1. The van der Waals surface area contributed by atoms with Gasteiger partial charge in [-0.05, 0) is 19.8 Å². The first-order chi connectivity index (χ1) is 8.02. The molecule has 1 heterocycles. The highest BCUT2D eigenvalue weighted by atomic mass is 16.5. The van der Waals surface area contributed by atoms with Gasteiger partial charge in [0.2, 0.25) is 11.8 Å². The monoisotopic (exact) mass is 238 g/mol. The van der Waals surface area contributed by atoms with Crippen molar-refractivity contribution in [2.75, 3.05) is 11.9 Å². The van der Waals surface area contributed by atoms with Crippen LogP contribution in [0.2, 0.25) is 0 Å². The molecule has 0 aromatic carbocycles.